The number of hydrogen-bond donors (Lipinski definition) is 1. The molecule has 3 aromatic carbocycles. The van der Waals surface area contributed by atoms with Gasteiger partial charge in [-0.2, -0.15) is 0 Å². The number of benzene rings is 3. The number of aryl methyl sites for hydroxylation is 2. The highest BCUT2D eigenvalue weighted by atomic mass is 35.5. The summed E-state index contributed by atoms with van der Waals surface area (Å²) in [4.78, 5) is 13.8. The maximum atomic E-state index is 13.8. The molecule has 0 radical (unpaired) electrons. The van der Waals surface area contributed by atoms with Crippen LogP contribution in [-0.2, 0) is 13.0 Å². The van der Waals surface area contributed by atoms with Gasteiger partial charge in [0, 0.05) is 5.56 Å². The van der Waals surface area contributed by atoms with Crippen LogP contribution in [-0.4, -0.2) is 19.8 Å². The molecule has 1 amide bonds. The van der Waals surface area contributed by atoms with Crippen molar-refractivity contribution in [3.8, 4) is 23.0 Å². The molecule has 1 aliphatic rings. The van der Waals surface area contributed by atoms with Crippen LogP contribution in [0, 0.1) is 12.8 Å². The smallest absolute Gasteiger partial charge is 0.252 e. The Labute approximate surface area is 230 Å². The van der Waals surface area contributed by atoms with Crippen LogP contribution in [0.25, 0.3) is 0 Å². The Bertz CT molecular complexity index is 1290. The first-order valence-corrected chi connectivity index (χ1v) is 13.5. The van der Waals surface area contributed by atoms with Crippen LogP contribution in [0.3, 0.4) is 0 Å². The van der Waals surface area contributed by atoms with Gasteiger partial charge in [-0.15, -0.1) is 0 Å². The van der Waals surface area contributed by atoms with Crippen LogP contribution in [0.5, 0.6) is 23.0 Å². The summed E-state index contributed by atoms with van der Waals surface area (Å²) in [6.45, 7) is 8.85. The van der Waals surface area contributed by atoms with E-state index in [9.17, 15) is 4.79 Å². The molecular weight excluding hydrogens is 502 g/mol. The summed E-state index contributed by atoms with van der Waals surface area (Å²) in [5, 5.41) is 3.85. The minimum atomic E-state index is -0.230. The molecule has 1 aliphatic heterocycles. The molecule has 1 heterocycles. The van der Waals surface area contributed by atoms with Crippen LogP contribution in [0.4, 0.5) is 0 Å². The molecule has 4 rings (SSSR count). The highest BCUT2D eigenvalue weighted by Gasteiger charge is 2.25. The molecule has 6 nitrogen and oxygen atoms in total. The van der Waals surface area contributed by atoms with E-state index in [4.69, 9.17) is 30.5 Å². The molecule has 3 aromatic rings. The predicted octanol–water partition coefficient (Wildman–Crippen LogP) is 7.43. The SMILES string of the molecule is CCCc1ccc(COc2cc(C)ccc2Cl)cc1C(=O)NC(CC(C)C)c1cc(OC)c2c(c1)OCO2. The highest BCUT2D eigenvalue weighted by Crippen LogP contribution is 2.43. The van der Waals surface area contributed by atoms with Crippen LogP contribution in [0.2, 0.25) is 5.02 Å². The maximum Gasteiger partial charge on any atom is 0.252 e. The van der Waals surface area contributed by atoms with E-state index in [-0.39, 0.29) is 18.7 Å². The van der Waals surface area contributed by atoms with E-state index < -0.39 is 0 Å². The highest BCUT2D eigenvalue weighted by molar-refractivity contribution is 6.32. The number of carbonyl (C=O) groups is 1. The third kappa shape index (κ3) is 6.54. The summed E-state index contributed by atoms with van der Waals surface area (Å²) < 4.78 is 22.7. The lowest BCUT2D eigenvalue weighted by atomic mass is 9.94. The third-order valence-electron chi connectivity index (χ3n) is 6.51. The number of rotatable bonds is 11. The quantitative estimate of drug-likeness (QED) is 0.275. The number of halogens is 1. The van der Waals surface area contributed by atoms with Crippen molar-refractivity contribution in [3.05, 3.63) is 81.4 Å². The van der Waals surface area contributed by atoms with E-state index in [1.54, 1.807) is 7.11 Å². The Morgan fingerprint density at radius 3 is 2.63 bits per heavy atom. The summed E-state index contributed by atoms with van der Waals surface area (Å²) in [6.07, 6.45) is 2.50. The van der Waals surface area contributed by atoms with E-state index in [1.165, 1.54) is 0 Å². The second-order valence-corrected chi connectivity index (χ2v) is 10.5. The molecule has 0 bridgehead atoms. The molecule has 0 aliphatic carbocycles. The first kappa shape index (κ1) is 27.6. The monoisotopic (exact) mass is 537 g/mol. The summed E-state index contributed by atoms with van der Waals surface area (Å²) in [5.41, 5.74) is 4.55. The average Bonchev–Trinajstić information content (AvgIpc) is 3.37. The van der Waals surface area contributed by atoms with Crippen molar-refractivity contribution in [3.63, 3.8) is 0 Å². The molecule has 7 heteroatoms. The number of amides is 1. The van der Waals surface area contributed by atoms with Crippen LogP contribution in [0.1, 0.15) is 72.3 Å². The van der Waals surface area contributed by atoms with Gasteiger partial charge in [0.1, 0.15) is 12.4 Å². The Hall–Kier alpha value is -3.38. The van der Waals surface area contributed by atoms with Crippen molar-refractivity contribution in [2.24, 2.45) is 5.92 Å². The second kappa shape index (κ2) is 12.4. The van der Waals surface area contributed by atoms with E-state index in [0.717, 1.165) is 41.5 Å². The zero-order valence-electron chi connectivity index (χ0n) is 22.7. The molecular formula is C31H36ClNO5. The Morgan fingerprint density at radius 2 is 1.89 bits per heavy atom. The first-order valence-electron chi connectivity index (χ1n) is 13.1. The topological polar surface area (TPSA) is 66.0 Å². The van der Waals surface area contributed by atoms with Crippen LogP contribution < -0.4 is 24.3 Å². The molecule has 0 fully saturated rings. The number of hydrogen-bond acceptors (Lipinski definition) is 5. The Kier molecular flexibility index (Phi) is 9.05. The zero-order chi connectivity index (χ0) is 27.2. The molecule has 1 atom stereocenters. The Morgan fingerprint density at radius 1 is 1.08 bits per heavy atom. The second-order valence-electron chi connectivity index (χ2n) is 10.1. The van der Waals surface area contributed by atoms with Gasteiger partial charge in [0.2, 0.25) is 12.5 Å². The van der Waals surface area contributed by atoms with Crippen LogP contribution >= 0.6 is 11.6 Å². The van der Waals surface area contributed by atoms with E-state index >= 15 is 0 Å². The number of fused-ring (bicyclic) bond motifs is 1. The lowest BCUT2D eigenvalue weighted by Gasteiger charge is -2.23. The molecule has 0 saturated heterocycles. The molecule has 0 aromatic heterocycles. The van der Waals surface area contributed by atoms with Gasteiger partial charge in [0.05, 0.1) is 18.2 Å². The lowest BCUT2D eigenvalue weighted by molar-refractivity contribution is 0.0930. The van der Waals surface area contributed by atoms with Gasteiger partial charge in [-0.1, -0.05) is 57.0 Å². The van der Waals surface area contributed by atoms with Gasteiger partial charge >= 0.3 is 0 Å². The normalized spacial score (nSPS) is 12.9. The van der Waals surface area contributed by atoms with Crippen molar-refractivity contribution in [2.75, 3.05) is 13.9 Å². The number of nitrogens with one attached hydrogen (secondary N) is 1. The van der Waals surface area contributed by atoms with Gasteiger partial charge in [-0.05, 0) is 78.3 Å². The summed E-state index contributed by atoms with van der Waals surface area (Å²) in [5.74, 6) is 2.68. The average molecular weight is 538 g/mol. The summed E-state index contributed by atoms with van der Waals surface area (Å²) in [6, 6.07) is 15.3. The molecule has 0 saturated carbocycles. The van der Waals surface area contributed by atoms with Crippen molar-refractivity contribution in [2.45, 2.75) is 59.6 Å². The van der Waals surface area contributed by atoms with Gasteiger partial charge in [0.25, 0.3) is 5.91 Å². The minimum Gasteiger partial charge on any atom is -0.493 e. The minimum absolute atomic E-state index is 0.119. The first-order chi connectivity index (χ1) is 18.3. The fourth-order valence-electron chi connectivity index (χ4n) is 4.63. The Balaban J connectivity index is 1.60. The molecule has 1 unspecified atom stereocenters. The molecule has 0 spiro atoms. The number of methoxy groups -OCH3 is 1. The van der Waals surface area contributed by atoms with Gasteiger partial charge < -0.3 is 24.3 Å². The fourth-order valence-corrected chi connectivity index (χ4v) is 4.80. The van der Waals surface area contributed by atoms with Gasteiger partial charge in [-0.25, -0.2) is 0 Å². The molecule has 1 N–H and O–H groups in total. The molecule has 202 valence electrons. The lowest BCUT2D eigenvalue weighted by Crippen LogP contribution is -2.30. The largest absolute Gasteiger partial charge is 0.493 e. The van der Waals surface area contributed by atoms with Gasteiger partial charge in [0.15, 0.2) is 11.5 Å². The van der Waals surface area contributed by atoms with E-state index in [0.29, 0.717) is 46.1 Å². The fraction of sp³-hybridized carbons (Fsp3) is 0.387. The van der Waals surface area contributed by atoms with E-state index in [2.05, 4.69) is 26.1 Å². The predicted molar refractivity (Wildman–Crippen MR) is 150 cm³/mol. The standard InChI is InChI=1S/C31H36ClNO5/c1-6-7-22-10-9-21(17-36-27-13-20(4)8-11-25(27)32)14-24(22)31(34)33-26(12-19(2)3)23-15-28(35-5)30-29(16-23)37-18-38-30/h8-11,13-16,19,26H,6-7,12,17-18H2,1-5H3,(H,33,34). The van der Waals surface area contributed by atoms with Crippen molar-refractivity contribution in [1.82, 2.24) is 5.32 Å². The van der Waals surface area contributed by atoms with E-state index in [1.807, 2.05) is 55.5 Å². The van der Waals surface area contributed by atoms with Crippen molar-refractivity contribution < 1.29 is 23.7 Å². The maximum absolute atomic E-state index is 13.8. The molecule has 38 heavy (non-hydrogen) atoms. The van der Waals surface area contributed by atoms with Gasteiger partial charge in [-0.3, -0.25) is 4.79 Å². The number of ether oxygens (including phenoxy) is 4. The zero-order valence-corrected chi connectivity index (χ0v) is 23.5. The third-order valence-corrected chi connectivity index (χ3v) is 6.83. The van der Waals surface area contributed by atoms with Crippen molar-refractivity contribution in [1.29, 1.82) is 0 Å². The number of carbonyl (C=O) groups excluding carboxylic acids is 1. The van der Waals surface area contributed by atoms with Crippen molar-refractivity contribution >= 4 is 17.5 Å². The van der Waals surface area contributed by atoms with Crippen LogP contribution in [0.15, 0.2) is 48.5 Å². The summed E-state index contributed by atoms with van der Waals surface area (Å²) in [7, 11) is 1.60. The summed E-state index contributed by atoms with van der Waals surface area (Å²) >= 11 is 6.31.